The van der Waals surface area contributed by atoms with Crippen LogP contribution in [0.15, 0.2) is 25.0 Å². The summed E-state index contributed by atoms with van der Waals surface area (Å²) in [7, 11) is 0. The number of aromatic nitrogens is 4. The smallest absolute Gasteiger partial charge is 0.326 e. The molecule has 0 saturated carbocycles. The van der Waals surface area contributed by atoms with Crippen LogP contribution in [0.4, 0.5) is 0 Å². The van der Waals surface area contributed by atoms with E-state index in [4.69, 9.17) is 17.2 Å². The van der Waals surface area contributed by atoms with E-state index in [1.165, 1.54) is 25.0 Å². The van der Waals surface area contributed by atoms with Crippen molar-refractivity contribution < 1.29 is 29.1 Å². The molecular formula is C23H36N10O6. The highest BCUT2D eigenvalue weighted by atomic mass is 16.4. The topological polar surface area (TPSA) is 277 Å². The molecule has 0 aliphatic carbocycles. The van der Waals surface area contributed by atoms with Gasteiger partial charge in [0.15, 0.2) is 0 Å². The third-order valence-electron chi connectivity index (χ3n) is 5.82. The number of nitrogens with two attached hydrogens (primary N) is 3. The van der Waals surface area contributed by atoms with Gasteiger partial charge in [0.25, 0.3) is 0 Å². The van der Waals surface area contributed by atoms with Crippen molar-refractivity contribution in [3.63, 3.8) is 0 Å². The summed E-state index contributed by atoms with van der Waals surface area (Å²) in [5.41, 5.74) is 17.5. The minimum atomic E-state index is -1.30. The van der Waals surface area contributed by atoms with Crippen molar-refractivity contribution in [2.45, 2.75) is 69.1 Å². The molecule has 0 saturated heterocycles. The van der Waals surface area contributed by atoms with E-state index in [2.05, 4.69) is 35.9 Å². The van der Waals surface area contributed by atoms with E-state index in [0.717, 1.165) is 0 Å². The maximum Gasteiger partial charge on any atom is 0.326 e. The first-order chi connectivity index (χ1) is 18.6. The van der Waals surface area contributed by atoms with Gasteiger partial charge in [-0.05, 0) is 32.2 Å². The van der Waals surface area contributed by atoms with Crippen LogP contribution < -0.4 is 33.2 Å². The molecule has 4 unspecified atom stereocenters. The molecule has 12 N–H and O–H groups in total. The zero-order valence-corrected chi connectivity index (χ0v) is 21.4. The zero-order chi connectivity index (χ0) is 28.8. The number of H-pyrrole nitrogens is 2. The van der Waals surface area contributed by atoms with Crippen LogP contribution in [0.5, 0.6) is 0 Å². The largest absolute Gasteiger partial charge is 0.480 e. The molecule has 4 amide bonds. The molecule has 16 heteroatoms. The van der Waals surface area contributed by atoms with Crippen molar-refractivity contribution in [2.24, 2.45) is 17.2 Å². The average Bonchev–Trinajstić information content (AvgIpc) is 3.60. The van der Waals surface area contributed by atoms with Crippen molar-refractivity contribution in [2.75, 3.05) is 6.54 Å². The first-order valence-electron chi connectivity index (χ1n) is 12.4. The number of carboxylic acid groups (broad SMARTS) is 1. The Kier molecular flexibility index (Phi) is 12.5. The number of aliphatic carboxylic acids is 1. The number of hydrogen-bond acceptors (Lipinski definition) is 9. The quantitative estimate of drug-likeness (QED) is 0.0861. The second-order valence-electron chi connectivity index (χ2n) is 8.98. The standard InChI is InChI=1S/C23H36N10O6/c24-6-2-1-3-16(31-20(35)15(25)4-5-19(26)34)21(36)32-17(7-13-9-27-11-29-13)22(37)33-18(23(38)39)8-14-10-28-12-30-14/h9-12,15-18H,1-8,24-25H2,(H2,26,34)(H,27,29)(H,28,30)(H,31,35)(H,32,36)(H,33,37)(H,38,39). The van der Waals surface area contributed by atoms with Crippen LogP contribution in [0.25, 0.3) is 0 Å². The number of primary amides is 1. The number of carboxylic acids is 1. The predicted molar refractivity (Wildman–Crippen MR) is 137 cm³/mol. The zero-order valence-electron chi connectivity index (χ0n) is 21.4. The minimum absolute atomic E-state index is 0.00390. The van der Waals surface area contributed by atoms with Gasteiger partial charge in [-0.15, -0.1) is 0 Å². The highest BCUT2D eigenvalue weighted by Crippen LogP contribution is 2.07. The molecule has 2 aromatic rings. The molecule has 0 aliphatic heterocycles. The second-order valence-corrected chi connectivity index (χ2v) is 8.98. The lowest BCUT2D eigenvalue weighted by Crippen LogP contribution is -2.57. The Balaban J connectivity index is 2.17. The molecule has 0 aliphatic rings. The first-order valence-corrected chi connectivity index (χ1v) is 12.4. The van der Waals surface area contributed by atoms with Gasteiger partial charge in [-0.3, -0.25) is 19.2 Å². The van der Waals surface area contributed by atoms with Gasteiger partial charge >= 0.3 is 5.97 Å². The number of unbranched alkanes of at least 4 members (excludes halogenated alkanes) is 1. The fourth-order valence-corrected chi connectivity index (χ4v) is 3.66. The van der Waals surface area contributed by atoms with Crippen LogP contribution in [0.3, 0.4) is 0 Å². The van der Waals surface area contributed by atoms with Crippen LogP contribution in [0.1, 0.15) is 43.5 Å². The van der Waals surface area contributed by atoms with Gasteiger partial charge in [-0.25, -0.2) is 14.8 Å². The highest BCUT2D eigenvalue weighted by molar-refractivity contribution is 5.94. The van der Waals surface area contributed by atoms with Crippen molar-refractivity contribution in [1.82, 2.24) is 35.9 Å². The highest BCUT2D eigenvalue weighted by Gasteiger charge is 2.31. The van der Waals surface area contributed by atoms with E-state index in [0.29, 0.717) is 30.8 Å². The summed E-state index contributed by atoms with van der Waals surface area (Å²) in [6.07, 6.45) is 6.76. The lowest BCUT2D eigenvalue weighted by Gasteiger charge is -2.25. The van der Waals surface area contributed by atoms with Gasteiger partial charge in [0, 0.05) is 43.0 Å². The normalized spacial score (nSPS) is 14.0. The molecular weight excluding hydrogens is 512 g/mol. The van der Waals surface area contributed by atoms with Gasteiger partial charge in [0.05, 0.1) is 18.7 Å². The fraction of sp³-hybridized carbons (Fsp3) is 0.522. The summed E-state index contributed by atoms with van der Waals surface area (Å²) >= 11 is 0. The van der Waals surface area contributed by atoms with Gasteiger partial charge in [-0.1, -0.05) is 0 Å². The summed E-state index contributed by atoms with van der Waals surface area (Å²) < 4.78 is 0. The molecule has 39 heavy (non-hydrogen) atoms. The van der Waals surface area contributed by atoms with Gasteiger partial charge in [0.2, 0.25) is 23.6 Å². The molecule has 2 rings (SSSR count). The maximum absolute atomic E-state index is 13.3. The van der Waals surface area contributed by atoms with Gasteiger partial charge in [0.1, 0.15) is 18.1 Å². The Bertz CT molecular complexity index is 1080. The van der Waals surface area contributed by atoms with E-state index < -0.39 is 53.8 Å². The molecule has 16 nitrogen and oxygen atoms in total. The minimum Gasteiger partial charge on any atom is -0.480 e. The monoisotopic (exact) mass is 548 g/mol. The Morgan fingerprint density at radius 1 is 0.821 bits per heavy atom. The molecule has 2 aromatic heterocycles. The first kappa shape index (κ1) is 30.9. The summed E-state index contributed by atoms with van der Waals surface area (Å²) in [6, 6.07) is -4.66. The third kappa shape index (κ3) is 10.9. The number of aromatic amines is 2. The van der Waals surface area contributed by atoms with Crippen LogP contribution >= 0.6 is 0 Å². The van der Waals surface area contributed by atoms with Crippen molar-refractivity contribution in [1.29, 1.82) is 0 Å². The number of imidazole rings is 2. The molecule has 4 atom stereocenters. The lowest BCUT2D eigenvalue weighted by atomic mass is 10.0. The summed E-state index contributed by atoms with van der Waals surface area (Å²) in [5.74, 6) is -3.99. The van der Waals surface area contributed by atoms with E-state index in [1.807, 2.05) is 0 Å². The number of nitrogens with zero attached hydrogens (tertiary/aromatic N) is 2. The van der Waals surface area contributed by atoms with E-state index in [9.17, 15) is 29.1 Å². The number of nitrogens with one attached hydrogen (secondary N) is 5. The van der Waals surface area contributed by atoms with E-state index in [1.54, 1.807) is 0 Å². The van der Waals surface area contributed by atoms with E-state index in [-0.39, 0.29) is 32.1 Å². The Morgan fingerprint density at radius 2 is 1.36 bits per heavy atom. The SMILES string of the molecule is NCCCCC(NC(=O)C(N)CCC(N)=O)C(=O)NC(Cc1cnc[nH]1)C(=O)NC(Cc1cnc[nH]1)C(=O)O. The number of amides is 4. The summed E-state index contributed by atoms with van der Waals surface area (Å²) in [6.45, 7) is 0.373. The van der Waals surface area contributed by atoms with Crippen LogP contribution in [-0.4, -0.2) is 85.4 Å². The molecule has 0 fully saturated rings. The maximum atomic E-state index is 13.3. The molecule has 2 heterocycles. The number of carbonyl (C=O) groups is 5. The second kappa shape index (κ2) is 15.8. The summed E-state index contributed by atoms with van der Waals surface area (Å²) in [4.78, 5) is 75.3. The third-order valence-corrected chi connectivity index (χ3v) is 5.82. The van der Waals surface area contributed by atoms with Gasteiger partial charge < -0.3 is 48.2 Å². The van der Waals surface area contributed by atoms with Crippen LogP contribution in [-0.2, 0) is 36.8 Å². The number of hydrogen-bond donors (Lipinski definition) is 9. The molecule has 0 radical (unpaired) electrons. The summed E-state index contributed by atoms with van der Waals surface area (Å²) in [5, 5.41) is 17.2. The van der Waals surface area contributed by atoms with Gasteiger partial charge in [-0.2, -0.15) is 0 Å². The number of rotatable bonds is 18. The lowest BCUT2D eigenvalue weighted by molar-refractivity contribution is -0.142. The van der Waals surface area contributed by atoms with Crippen LogP contribution in [0.2, 0.25) is 0 Å². The van der Waals surface area contributed by atoms with Crippen molar-refractivity contribution in [3.8, 4) is 0 Å². The van der Waals surface area contributed by atoms with Crippen LogP contribution in [0, 0.1) is 0 Å². The van der Waals surface area contributed by atoms with Crippen molar-refractivity contribution in [3.05, 3.63) is 36.4 Å². The average molecular weight is 549 g/mol. The Morgan fingerprint density at radius 3 is 1.87 bits per heavy atom. The molecule has 0 spiro atoms. The Labute approximate surface area is 224 Å². The Hall–Kier alpha value is -4.31. The fourth-order valence-electron chi connectivity index (χ4n) is 3.66. The molecule has 0 aromatic carbocycles. The molecule has 0 bridgehead atoms. The van der Waals surface area contributed by atoms with E-state index >= 15 is 0 Å². The molecule has 214 valence electrons. The number of carbonyl (C=O) groups excluding carboxylic acids is 4. The van der Waals surface area contributed by atoms with Crippen molar-refractivity contribution >= 4 is 29.6 Å². The predicted octanol–water partition coefficient (Wildman–Crippen LogP) is -2.82.